The Hall–Kier alpha value is -0.870. The zero-order valence-electron chi connectivity index (χ0n) is 9.73. The van der Waals surface area contributed by atoms with E-state index in [0.717, 1.165) is 30.4 Å². The Balaban J connectivity index is 2.03. The molecule has 2 rings (SSSR count). The topological polar surface area (TPSA) is 46.3 Å². The van der Waals surface area contributed by atoms with Crippen molar-refractivity contribution in [2.75, 3.05) is 6.54 Å². The van der Waals surface area contributed by atoms with Crippen LogP contribution in [-0.4, -0.2) is 23.4 Å². The fourth-order valence-corrected chi connectivity index (χ4v) is 2.82. The van der Waals surface area contributed by atoms with Crippen molar-refractivity contribution in [3.05, 3.63) is 34.3 Å². The summed E-state index contributed by atoms with van der Waals surface area (Å²) in [5, 5.41) is 0. The van der Waals surface area contributed by atoms with Gasteiger partial charge >= 0.3 is 0 Å². The van der Waals surface area contributed by atoms with Gasteiger partial charge in [0, 0.05) is 23.5 Å². The number of primary amides is 1. The van der Waals surface area contributed by atoms with E-state index in [-0.39, 0.29) is 5.91 Å². The number of likely N-dealkylation sites (tertiary alicyclic amines) is 1. The van der Waals surface area contributed by atoms with Gasteiger partial charge in [0.2, 0.25) is 5.91 Å². The number of hydrogen-bond acceptors (Lipinski definition) is 2. The maximum Gasteiger partial charge on any atom is 0.218 e. The number of nitrogens with zero attached hydrogens (tertiary/aromatic N) is 1. The van der Waals surface area contributed by atoms with Crippen LogP contribution in [0.15, 0.2) is 28.7 Å². The first-order chi connectivity index (χ1) is 8.16. The SMILES string of the molecule is NC(=O)C[C@@H]1CCCN1Cc1ccccc1Br. The number of carbonyl (C=O) groups is 1. The third-order valence-corrected chi connectivity index (χ3v) is 4.04. The lowest BCUT2D eigenvalue weighted by atomic mass is 10.1. The number of benzene rings is 1. The summed E-state index contributed by atoms with van der Waals surface area (Å²) in [6.45, 7) is 1.94. The predicted octanol–water partition coefficient (Wildman–Crippen LogP) is 2.29. The molecule has 92 valence electrons. The van der Waals surface area contributed by atoms with Crippen LogP contribution in [-0.2, 0) is 11.3 Å². The highest BCUT2D eigenvalue weighted by Crippen LogP contribution is 2.25. The zero-order chi connectivity index (χ0) is 12.3. The molecule has 0 aromatic heterocycles. The summed E-state index contributed by atoms with van der Waals surface area (Å²) < 4.78 is 1.13. The van der Waals surface area contributed by atoms with Crippen molar-refractivity contribution in [2.24, 2.45) is 5.73 Å². The van der Waals surface area contributed by atoms with Crippen LogP contribution in [0, 0.1) is 0 Å². The van der Waals surface area contributed by atoms with Gasteiger partial charge in [-0.2, -0.15) is 0 Å². The van der Waals surface area contributed by atoms with Gasteiger partial charge in [0.15, 0.2) is 0 Å². The smallest absolute Gasteiger partial charge is 0.218 e. The first-order valence-corrected chi connectivity index (χ1v) is 6.72. The fraction of sp³-hybridized carbons (Fsp3) is 0.462. The van der Waals surface area contributed by atoms with E-state index in [2.05, 4.69) is 33.0 Å². The van der Waals surface area contributed by atoms with Gasteiger partial charge in [-0.25, -0.2) is 0 Å². The molecule has 3 nitrogen and oxygen atoms in total. The minimum absolute atomic E-state index is 0.200. The average molecular weight is 297 g/mol. The molecule has 1 amide bonds. The highest BCUT2D eigenvalue weighted by atomic mass is 79.9. The van der Waals surface area contributed by atoms with E-state index >= 15 is 0 Å². The van der Waals surface area contributed by atoms with Crippen LogP contribution in [0.2, 0.25) is 0 Å². The van der Waals surface area contributed by atoms with Gasteiger partial charge in [0.25, 0.3) is 0 Å². The molecule has 1 aliphatic rings. The normalized spacial score (nSPS) is 20.6. The first-order valence-electron chi connectivity index (χ1n) is 5.92. The molecular weight excluding hydrogens is 280 g/mol. The molecule has 0 spiro atoms. The first kappa shape index (κ1) is 12.6. The molecule has 1 aliphatic heterocycles. The molecular formula is C13H17BrN2O. The van der Waals surface area contributed by atoms with Gasteiger partial charge in [-0.1, -0.05) is 34.1 Å². The summed E-state index contributed by atoms with van der Waals surface area (Å²) in [5.41, 5.74) is 6.55. The van der Waals surface area contributed by atoms with Crippen LogP contribution in [0.5, 0.6) is 0 Å². The minimum atomic E-state index is -0.200. The standard InChI is InChI=1S/C13H17BrN2O/c14-12-6-2-1-4-10(12)9-16-7-3-5-11(16)8-13(15)17/h1-2,4,6,11H,3,5,7-9H2,(H2,15,17)/t11-/m0/s1. The number of hydrogen-bond donors (Lipinski definition) is 1. The van der Waals surface area contributed by atoms with Crippen molar-refractivity contribution in [2.45, 2.75) is 31.8 Å². The summed E-state index contributed by atoms with van der Waals surface area (Å²) >= 11 is 3.56. The van der Waals surface area contributed by atoms with E-state index in [1.54, 1.807) is 0 Å². The van der Waals surface area contributed by atoms with Gasteiger partial charge in [-0.05, 0) is 31.0 Å². The molecule has 0 unspecified atom stereocenters. The lowest BCUT2D eigenvalue weighted by Crippen LogP contribution is -2.32. The maximum atomic E-state index is 11.0. The summed E-state index contributed by atoms with van der Waals surface area (Å²) in [4.78, 5) is 13.4. The predicted molar refractivity (Wildman–Crippen MR) is 71.4 cm³/mol. The molecule has 0 aliphatic carbocycles. The second-order valence-corrected chi connectivity index (χ2v) is 5.38. The fourth-order valence-electron chi connectivity index (χ4n) is 2.41. The molecule has 0 saturated carbocycles. The summed E-state index contributed by atoms with van der Waals surface area (Å²) in [6.07, 6.45) is 2.71. The Morgan fingerprint density at radius 2 is 2.24 bits per heavy atom. The molecule has 4 heteroatoms. The molecule has 1 aromatic carbocycles. The Morgan fingerprint density at radius 1 is 1.47 bits per heavy atom. The highest BCUT2D eigenvalue weighted by molar-refractivity contribution is 9.10. The quantitative estimate of drug-likeness (QED) is 0.927. The van der Waals surface area contributed by atoms with E-state index in [0.29, 0.717) is 12.5 Å². The van der Waals surface area contributed by atoms with Crippen molar-refractivity contribution in [3.63, 3.8) is 0 Å². The van der Waals surface area contributed by atoms with Crippen molar-refractivity contribution < 1.29 is 4.79 Å². The van der Waals surface area contributed by atoms with E-state index in [1.807, 2.05) is 12.1 Å². The summed E-state index contributed by atoms with van der Waals surface area (Å²) in [6, 6.07) is 8.54. The van der Waals surface area contributed by atoms with Crippen LogP contribution in [0.3, 0.4) is 0 Å². The molecule has 1 saturated heterocycles. The van der Waals surface area contributed by atoms with E-state index in [4.69, 9.17) is 5.73 Å². The van der Waals surface area contributed by atoms with Gasteiger partial charge in [-0.3, -0.25) is 9.69 Å². The monoisotopic (exact) mass is 296 g/mol. The van der Waals surface area contributed by atoms with Gasteiger partial charge in [-0.15, -0.1) is 0 Å². The molecule has 1 heterocycles. The Labute approximate surface area is 110 Å². The molecule has 1 aromatic rings. The number of rotatable bonds is 4. The number of carbonyl (C=O) groups excluding carboxylic acids is 1. The van der Waals surface area contributed by atoms with E-state index in [1.165, 1.54) is 5.56 Å². The second-order valence-electron chi connectivity index (χ2n) is 4.53. The molecule has 1 atom stereocenters. The largest absolute Gasteiger partial charge is 0.370 e. The number of halogens is 1. The Bertz CT molecular complexity index is 408. The second kappa shape index (κ2) is 5.65. The van der Waals surface area contributed by atoms with Crippen LogP contribution >= 0.6 is 15.9 Å². The van der Waals surface area contributed by atoms with Crippen molar-refractivity contribution in [1.29, 1.82) is 0 Å². The van der Waals surface area contributed by atoms with Crippen molar-refractivity contribution in [1.82, 2.24) is 4.90 Å². The van der Waals surface area contributed by atoms with Crippen LogP contribution in [0.4, 0.5) is 0 Å². The number of nitrogens with two attached hydrogens (primary N) is 1. The highest BCUT2D eigenvalue weighted by Gasteiger charge is 2.26. The van der Waals surface area contributed by atoms with E-state index < -0.39 is 0 Å². The number of amides is 1. The van der Waals surface area contributed by atoms with Crippen LogP contribution in [0.25, 0.3) is 0 Å². The Kier molecular flexibility index (Phi) is 4.18. The van der Waals surface area contributed by atoms with Crippen molar-refractivity contribution >= 4 is 21.8 Å². The summed E-state index contributed by atoms with van der Waals surface area (Å²) in [7, 11) is 0. The zero-order valence-corrected chi connectivity index (χ0v) is 11.3. The molecule has 2 N–H and O–H groups in total. The van der Waals surface area contributed by atoms with Crippen LogP contribution < -0.4 is 5.73 Å². The van der Waals surface area contributed by atoms with Gasteiger partial charge in [0.1, 0.15) is 0 Å². The van der Waals surface area contributed by atoms with E-state index in [9.17, 15) is 4.79 Å². The maximum absolute atomic E-state index is 11.0. The van der Waals surface area contributed by atoms with Gasteiger partial charge in [0.05, 0.1) is 0 Å². The van der Waals surface area contributed by atoms with Gasteiger partial charge < -0.3 is 5.73 Å². The molecule has 0 bridgehead atoms. The van der Waals surface area contributed by atoms with Crippen molar-refractivity contribution in [3.8, 4) is 0 Å². The summed E-state index contributed by atoms with van der Waals surface area (Å²) in [5.74, 6) is -0.200. The third kappa shape index (κ3) is 3.30. The minimum Gasteiger partial charge on any atom is -0.370 e. The Morgan fingerprint density at radius 3 is 2.94 bits per heavy atom. The molecule has 1 fully saturated rings. The van der Waals surface area contributed by atoms with Crippen LogP contribution in [0.1, 0.15) is 24.8 Å². The lowest BCUT2D eigenvalue weighted by molar-refractivity contribution is -0.119. The third-order valence-electron chi connectivity index (χ3n) is 3.27. The lowest BCUT2D eigenvalue weighted by Gasteiger charge is -2.23. The average Bonchev–Trinajstić information content (AvgIpc) is 2.68. The molecule has 0 radical (unpaired) electrons. The molecule has 17 heavy (non-hydrogen) atoms.